The Labute approximate surface area is 99.3 Å². The molecular weight excluding hydrogens is 196 g/mol. The van der Waals surface area contributed by atoms with E-state index in [0.29, 0.717) is 11.8 Å². The van der Waals surface area contributed by atoms with E-state index >= 15 is 0 Å². The Morgan fingerprint density at radius 1 is 1.44 bits per heavy atom. The van der Waals surface area contributed by atoms with Crippen LogP contribution in [0.3, 0.4) is 0 Å². The summed E-state index contributed by atoms with van der Waals surface area (Å²) in [6.07, 6.45) is 5.41. The summed E-state index contributed by atoms with van der Waals surface area (Å²) in [6, 6.07) is 0. The molecule has 0 radical (unpaired) electrons. The van der Waals surface area contributed by atoms with E-state index in [4.69, 9.17) is 0 Å². The van der Waals surface area contributed by atoms with Crippen molar-refractivity contribution in [3.63, 3.8) is 0 Å². The number of fused-ring (bicyclic) bond motifs is 1. The number of hydrogen-bond donors (Lipinski definition) is 1. The lowest BCUT2D eigenvalue weighted by molar-refractivity contribution is -0.0377. The number of allylic oxidation sites excluding steroid dienone is 1. The highest BCUT2D eigenvalue weighted by atomic mass is 16.3. The zero-order valence-corrected chi connectivity index (χ0v) is 10.6. The Hall–Kier alpha value is -0.560. The fourth-order valence-electron chi connectivity index (χ4n) is 3.64. The Morgan fingerprint density at radius 2 is 2.12 bits per heavy atom. The van der Waals surface area contributed by atoms with Gasteiger partial charge >= 0.3 is 0 Å². The van der Waals surface area contributed by atoms with Gasteiger partial charge in [-0.05, 0) is 44.4 Å². The van der Waals surface area contributed by atoms with Gasteiger partial charge in [0.2, 0.25) is 0 Å². The molecule has 0 unspecified atom stereocenters. The van der Waals surface area contributed by atoms with Crippen molar-refractivity contribution in [3.8, 4) is 0 Å². The minimum absolute atomic E-state index is 0.0236. The average molecular weight is 220 g/mol. The van der Waals surface area contributed by atoms with Gasteiger partial charge in [0.15, 0.2) is 0 Å². The van der Waals surface area contributed by atoms with Crippen molar-refractivity contribution in [1.29, 1.82) is 0 Å². The fraction of sp³-hybridized carbons (Fsp3) is 0.733. The molecule has 1 nitrogen and oxygen atoms in total. The molecule has 2 aliphatic carbocycles. The lowest BCUT2D eigenvalue weighted by Crippen LogP contribution is -2.47. The number of hydrogen-bond acceptors (Lipinski definition) is 1. The van der Waals surface area contributed by atoms with Crippen LogP contribution >= 0.6 is 0 Å². The van der Waals surface area contributed by atoms with Crippen LogP contribution in [0.15, 0.2) is 24.3 Å². The first kappa shape index (κ1) is 11.9. The Bertz CT molecular complexity index is 317. The van der Waals surface area contributed by atoms with E-state index in [0.717, 1.165) is 19.3 Å². The van der Waals surface area contributed by atoms with E-state index in [1.807, 2.05) is 0 Å². The third-order valence-corrected chi connectivity index (χ3v) is 5.09. The zero-order chi connectivity index (χ0) is 11.9. The molecule has 1 heteroatoms. The molecule has 0 aliphatic heterocycles. The second-order valence-electron chi connectivity index (χ2n) is 6.01. The third kappa shape index (κ3) is 1.66. The smallest absolute Gasteiger partial charge is 0.0633 e. The van der Waals surface area contributed by atoms with Crippen LogP contribution in [0.25, 0.3) is 0 Å². The van der Waals surface area contributed by atoms with Crippen molar-refractivity contribution in [2.75, 3.05) is 0 Å². The van der Waals surface area contributed by atoms with Crippen LogP contribution in [-0.2, 0) is 0 Å². The maximum absolute atomic E-state index is 10.3. The van der Waals surface area contributed by atoms with E-state index in [-0.39, 0.29) is 11.5 Å². The predicted molar refractivity (Wildman–Crippen MR) is 68.1 cm³/mol. The molecule has 0 heterocycles. The van der Waals surface area contributed by atoms with Crippen molar-refractivity contribution < 1.29 is 5.11 Å². The van der Waals surface area contributed by atoms with E-state index in [9.17, 15) is 5.11 Å². The molecule has 0 aromatic heterocycles. The molecule has 0 saturated heterocycles. The molecule has 2 aliphatic rings. The second kappa shape index (κ2) is 4.03. The zero-order valence-electron chi connectivity index (χ0n) is 10.6. The number of aliphatic hydroxyl groups excluding tert-OH is 1. The van der Waals surface area contributed by atoms with Gasteiger partial charge in [0, 0.05) is 5.41 Å². The quantitative estimate of drug-likeness (QED) is 0.668. The van der Waals surface area contributed by atoms with Crippen LogP contribution in [0.5, 0.6) is 0 Å². The van der Waals surface area contributed by atoms with Gasteiger partial charge in [-0.25, -0.2) is 0 Å². The van der Waals surface area contributed by atoms with Crippen molar-refractivity contribution >= 4 is 0 Å². The number of rotatable bonds is 1. The minimum Gasteiger partial charge on any atom is -0.392 e. The predicted octanol–water partition coefficient (Wildman–Crippen LogP) is 3.70. The normalized spacial score (nSPS) is 43.9. The maximum Gasteiger partial charge on any atom is 0.0633 e. The summed E-state index contributed by atoms with van der Waals surface area (Å²) in [5.41, 5.74) is 2.51. The Morgan fingerprint density at radius 3 is 2.75 bits per heavy atom. The summed E-state index contributed by atoms with van der Waals surface area (Å²) in [6.45, 7) is 12.7. The molecular formula is C15H24O. The average Bonchev–Trinajstić information content (AvgIpc) is 2.22. The van der Waals surface area contributed by atoms with Crippen LogP contribution < -0.4 is 0 Å². The highest BCUT2D eigenvalue weighted by molar-refractivity contribution is 5.22. The number of aliphatic hydroxyl groups is 1. The summed E-state index contributed by atoms with van der Waals surface area (Å²) < 4.78 is 0. The van der Waals surface area contributed by atoms with E-state index < -0.39 is 0 Å². The summed E-state index contributed by atoms with van der Waals surface area (Å²) in [7, 11) is 0. The maximum atomic E-state index is 10.3. The molecule has 2 fully saturated rings. The lowest BCUT2D eigenvalue weighted by atomic mass is 9.54. The molecule has 4 atom stereocenters. The SMILES string of the molecule is C=C(C)[C@H]1CC(=C)[C@@]2(C)[C@H](CCC[C@H]2O)C1. The van der Waals surface area contributed by atoms with Crippen molar-refractivity contribution in [2.24, 2.45) is 17.3 Å². The van der Waals surface area contributed by atoms with E-state index in [1.165, 1.54) is 24.0 Å². The highest BCUT2D eigenvalue weighted by Gasteiger charge is 2.48. The van der Waals surface area contributed by atoms with Crippen molar-refractivity contribution in [1.82, 2.24) is 0 Å². The van der Waals surface area contributed by atoms with Crippen LogP contribution in [0.4, 0.5) is 0 Å². The van der Waals surface area contributed by atoms with Crippen molar-refractivity contribution in [2.45, 2.75) is 52.1 Å². The molecule has 0 bridgehead atoms. The van der Waals surface area contributed by atoms with Crippen LogP contribution in [-0.4, -0.2) is 11.2 Å². The Kier molecular flexibility index (Phi) is 3.00. The minimum atomic E-state index is -0.176. The Balaban J connectivity index is 2.25. The van der Waals surface area contributed by atoms with Gasteiger partial charge in [-0.1, -0.05) is 37.6 Å². The van der Waals surface area contributed by atoms with Gasteiger partial charge in [-0.3, -0.25) is 0 Å². The summed E-state index contributed by atoms with van der Waals surface area (Å²) in [4.78, 5) is 0. The molecule has 16 heavy (non-hydrogen) atoms. The molecule has 0 aromatic carbocycles. The first-order valence-corrected chi connectivity index (χ1v) is 6.48. The van der Waals surface area contributed by atoms with Gasteiger partial charge in [0.25, 0.3) is 0 Å². The molecule has 0 aromatic rings. The molecule has 0 spiro atoms. The second-order valence-corrected chi connectivity index (χ2v) is 6.01. The van der Waals surface area contributed by atoms with Crippen LogP contribution in [0, 0.1) is 17.3 Å². The third-order valence-electron chi connectivity index (χ3n) is 5.09. The van der Waals surface area contributed by atoms with E-state index in [2.05, 4.69) is 27.0 Å². The van der Waals surface area contributed by atoms with Gasteiger partial charge in [-0.15, -0.1) is 0 Å². The van der Waals surface area contributed by atoms with Gasteiger partial charge in [0.1, 0.15) is 0 Å². The first-order chi connectivity index (χ1) is 7.46. The first-order valence-electron chi connectivity index (χ1n) is 6.48. The topological polar surface area (TPSA) is 20.2 Å². The standard InChI is InChI=1S/C15H24O/c1-10(2)12-8-11(3)15(4)13(9-12)6-5-7-14(15)16/h12-14,16H,1,3,5-9H2,2,4H3/t12-,13+,14+,15-/m0/s1. The molecule has 1 N–H and O–H groups in total. The van der Waals surface area contributed by atoms with E-state index in [1.54, 1.807) is 0 Å². The van der Waals surface area contributed by atoms with Gasteiger partial charge < -0.3 is 5.11 Å². The fourth-order valence-corrected chi connectivity index (χ4v) is 3.64. The molecule has 2 saturated carbocycles. The van der Waals surface area contributed by atoms with Crippen molar-refractivity contribution in [3.05, 3.63) is 24.3 Å². The largest absolute Gasteiger partial charge is 0.392 e. The molecule has 90 valence electrons. The van der Waals surface area contributed by atoms with Gasteiger partial charge in [-0.2, -0.15) is 0 Å². The summed E-state index contributed by atoms with van der Waals surface area (Å²) in [5.74, 6) is 1.20. The summed E-state index contributed by atoms with van der Waals surface area (Å²) >= 11 is 0. The van der Waals surface area contributed by atoms with Gasteiger partial charge in [0.05, 0.1) is 6.10 Å². The summed E-state index contributed by atoms with van der Waals surface area (Å²) in [5, 5.41) is 10.3. The lowest BCUT2D eigenvalue weighted by Gasteiger charge is -2.52. The highest BCUT2D eigenvalue weighted by Crippen LogP contribution is 2.54. The van der Waals surface area contributed by atoms with Crippen LogP contribution in [0.2, 0.25) is 0 Å². The molecule has 2 rings (SSSR count). The monoisotopic (exact) mass is 220 g/mol. The molecule has 0 amide bonds. The van der Waals surface area contributed by atoms with Crippen LogP contribution in [0.1, 0.15) is 46.0 Å².